The Morgan fingerprint density at radius 1 is 1.12 bits per heavy atom. The van der Waals surface area contributed by atoms with Crippen molar-refractivity contribution in [1.82, 2.24) is 4.90 Å². The predicted octanol–water partition coefficient (Wildman–Crippen LogP) is 2.61. The van der Waals surface area contributed by atoms with Crippen molar-refractivity contribution in [2.24, 2.45) is 0 Å². The summed E-state index contributed by atoms with van der Waals surface area (Å²) >= 11 is 1.55. The van der Waals surface area contributed by atoms with Crippen molar-refractivity contribution >= 4 is 29.3 Å². The highest BCUT2D eigenvalue weighted by Gasteiger charge is 2.34. The molecule has 1 heterocycles. The van der Waals surface area contributed by atoms with E-state index in [1.807, 2.05) is 18.2 Å². The van der Waals surface area contributed by atoms with Gasteiger partial charge in [0.05, 0.1) is 13.0 Å². The highest BCUT2D eigenvalue weighted by Crippen LogP contribution is 2.23. The van der Waals surface area contributed by atoms with Crippen molar-refractivity contribution in [1.29, 1.82) is 0 Å². The molecule has 7 heteroatoms. The van der Waals surface area contributed by atoms with Crippen molar-refractivity contribution in [3.63, 3.8) is 0 Å². The Labute approximate surface area is 156 Å². The van der Waals surface area contributed by atoms with Gasteiger partial charge < -0.3 is 19.7 Å². The number of amides is 2. The number of methoxy groups -OCH3 is 1. The van der Waals surface area contributed by atoms with E-state index >= 15 is 0 Å². The van der Waals surface area contributed by atoms with Crippen LogP contribution in [0.15, 0.2) is 54.6 Å². The molecule has 1 aliphatic rings. The van der Waals surface area contributed by atoms with Gasteiger partial charge in [-0.2, -0.15) is 0 Å². The second-order valence-corrected chi connectivity index (χ2v) is 6.70. The average Bonchev–Trinajstić information content (AvgIpc) is 3.17. The summed E-state index contributed by atoms with van der Waals surface area (Å²) in [6.07, 6.45) is 0. The van der Waals surface area contributed by atoms with E-state index in [2.05, 4.69) is 5.32 Å². The molecule has 0 saturated carbocycles. The third-order valence-electron chi connectivity index (χ3n) is 3.97. The summed E-state index contributed by atoms with van der Waals surface area (Å²) in [7, 11) is 1.59. The minimum Gasteiger partial charge on any atom is -0.497 e. The monoisotopic (exact) mass is 372 g/mol. The Morgan fingerprint density at radius 3 is 2.54 bits per heavy atom. The summed E-state index contributed by atoms with van der Waals surface area (Å²) in [6, 6.07) is 15.7. The quantitative estimate of drug-likeness (QED) is 0.844. The van der Waals surface area contributed by atoms with Crippen LogP contribution in [0.4, 0.5) is 5.69 Å². The third-order valence-corrected chi connectivity index (χ3v) is 4.98. The first-order valence-electron chi connectivity index (χ1n) is 8.17. The van der Waals surface area contributed by atoms with Crippen molar-refractivity contribution in [3.05, 3.63) is 54.6 Å². The molecule has 0 spiro atoms. The molecule has 0 unspecified atom stereocenters. The van der Waals surface area contributed by atoms with Gasteiger partial charge in [0.2, 0.25) is 5.91 Å². The number of hydrogen-bond donors (Lipinski definition) is 1. The van der Waals surface area contributed by atoms with Crippen LogP contribution in [0.25, 0.3) is 0 Å². The number of rotatable bonds is 6. The van der Waals surface area contributed by atoms with Crippen LogP contribution in [0.3, 0.4) is 0 Å². The topological polar surface area (TPSA) is 67.9 Å². The number of para-hydroxylation sites is 1. The standard InChI is InChI=1S/C19H20N2O4S/c1-24-15-9-7-14(8-10-15)20-19(23)17-12-26-13-21(17)18(22)11-25-16-5-3-2-4-6-16/h2-10,17H,11-13H2,1H3,(H,20,23)/t17-/m0/s1. The first kappa shape index (κ1) is 18.1. The van der Waals surface area contributed by atoms with E-state index in [1.165, 1.54) is 0 Å². The molecule has 1 atom stereocenters. The van der Waals surface area contributed by atoms with Gasteiger partial charge in [-0.1, -0.05) is 18.2 Å². The van der Waals surface area contributed by atoms with Gasteiger partial charge in [0.15, 0.2) is 6.61 Å². The molecule has 136 valence electrons. The Morgan fingerprint density at radius 2 is 1.85 bits per heavy atom. The van der Waals surface area contributed by atoms with Crippen LogP contribution >= 0.6 is 11.8 Å². The number of benzene rings is 2. The smallest absolute Gasteiger partial charge is 0.261 e. The lowest BCUT2D eigenvalue weighted by Crippen LogP contribution is -2.46. The number of carbonyl (C=O) groups is 2. The lowest BCUT2D eigenvalue weighted by Gasteiger charge is -2.23. The van der Waals surface area contributed by atoms with E-state index in [1.54, 1.807) is 60.2 Å². The summed E-state index contributed by atoms with van der Waals surface area (Å²) in [5, 5.41) is 2.85. The second-order valence-electron chi connectivity index (χ2n) is 5.70. The van der Waals surface area contributed by atoms with E-state index in [9.17, 15) is 9.59 Å². The highest BCUT2D eigenvalue weighted by molar-refractivity contribution is 7.99. The van der Waals surface area contributed by atoms with Gasteiger partial charge in [-0.3, -0.25) is 9.59 Å². The molecule has 2 aromatic carbocycles. The molecule has 1 saturated heterocycles. The molecule has 3 rings (SSSR count). The van der Waals surface area contributed by atoms with Gasteiger partial charge in [0.25, 0.3) is 5.91 Å². The molecule has 0 bridgehead atoms. The van der Waals surface area contributed by atoms with E-state index in [0.29, 0.717) is 28.8 Å². The van der Waals surface area contributed by atoms with Crippen LogP contribution in [-0.4, -0.2) is 48.1 Å². The molecule has 1 fully saturated rings. The molecular weight excluding hydrogens is 352 g/mol. The minimum atomic E-state index is -0.506. The number of nitrogens with one attached hydrogen (secondary N) is 1. The largest absolute Gasteiger partial charge is 0.497 e. The highest BCUT2D eigenvalue weighted by atomic mass is 32.2. The van der Waals surface area contributed by atoms with Crippen LogP contribution in [0.2, 0.25) is 0 Å². The molecule has 6 nitrogen and oxygen atoms in total. The summed E-state index contributed by atoms with van der Waals surface area (Å²) in [6.45, 7) is -0.0864. The predicted molar refractivity (Wildman–Crippen MR) is 102 cm³/mol. The molecule has 0 aliphatic carbocycles. The SMILES string of the molecule is COc1ccc(NC(=O)[C@@H]2CSCN2C(=O)COc2ccccc2)cc1. The van der Waals surface area contributed by atoms with E-state index in [0.717, 1.165) is 0 Å². The Bertz CT molecular complexity index is 752. The van der Waals surface area contributed by atoms with Crippen LogP contribution in [-0.2, 0) is 9.59 Å². The number of carbonyl (C=O) groups excluding carboxylic acids is 2. The molecule has 2 aromatic rings. The van der Waals surface area contributed by atoms with Gasteiger partial charge in [-0.25, -0.2) is 0 Å². The fourth-order valence-electron chi connectivity index (χ4n) is 2.55. The average molecular weight is 372 g/mol. The fraction of sp³-hybridized carbons (Fsp3) is 0.263. The molecule has 1 aliphatic heterocycles. The zero-order valence-electron chi connectivity index (χ0n) is 14.4. The van der Waals surface area contributed by atoms with Crippen molar-refractivity contribution in [3.8, 4) is 11.5 Å². The summed E-state index contributed by atoms with van der Waals surface area (Å²) in [5.41, 5.74) is 0.667. The van der Waals surface area contributed by atoms with Gasteiger partial charge in [0, 0.05) is 11.4 Å². The van der Waals surface area contributed by atoms with Gasteiger partial charge in [-0.05, 0) is 36.4 Å². The molecular formula is C19H20N2O4S. The number of thioether (sulfide) groups is 1. The summed E-state index contributed by atoms with van der Waals surface area (Å²) in [5.74, 6) is 2.00. The van der Waals surface area contributed by atoms with Crippen molar-refractivity contribution < 1.29 is 19.1 Å². The number of anilines is 1. The van der Waals surface area contributed by atoms with E-state index in [4.69, 9.17) is 9.47 Å². The van der Waals surface area contributed by atoms with Gasteiger partial charge in [-0.15, -0.1) is 11.8 Å². The number of hydrogen-bond acceptors (Lipinski definition) is 5. The molecule has 2 amide bonds. The van der Waals surface area contributed by atoms with Crippen molar-refractivity contribution in [2.75, 3.05) is 30.7 Å². The zero-order valence-corrected chi connectivity index (χ0v) is 15.2. The zero-order chi connectivity index (χ0) is 18.4. The second kappa shape index (κ2) is 8.62. The Kier molecular flexibility index (Phi) is 6.01. The molecule has 1 N–H and O–H groups in total. The minimum absolute atomic E-state index is 0.0864. The normalized spacial score (nSPS) is 16.2. The van der Waals surface area contributed by atoms with Crippen molar-refractivity contribution in [2.45, 2.75) is 6.04 Å². The lowest BCUT2D eigenvalue weighted by molar-refractivity contribution is -0.137. The van der Waals surface area contributed by atoms with Crippen LogP contribution in [0.5, 0.6) is 11.5 Å². The Balaban J connectivity index is 1.57. The van der Waals surface area contributed by atoms with Gasteiger partial charge >= 0.3 is 0 Å². The first-order chi connectivity index (χ1) is 12.7. The lowest BCUT2D eigenvalue weighted by atomic mass is 10.2. The summed E-state index contributed by atoms with van der Waals surface area (Å²) in [4.78, 5) is 26.6. The first-order valence-corrected chi connectivity index (χ1v) is 9.33. The van der Waals surface area contributed by atoms with Crippen LogP contribution < -0.4 is 14.8 Å². The Hall–Kier alpha value is -2.67. The van der Waals surface area contributed by atoms with E-state index in [-0.39, 0.29) is 18.4 Å². The maximum Gasteiger partial charge on any atom is 0.261 e. The molecule has 26 heavy (non-hydrogen) atoms. The molecule has 0 radical (unpaired) electrons. The van der Waals surface area contributed by atoms with E-state index < -0.39 is 6.04 Å². The fourth-order valence-corrected chi connectivity index (χ4v) is 3.73. The number of ether oxygens (including phenoxy) is 2. The third kappa shape index (κ3) is 4.49. The van der Waals surface area contributed by atoms with Gasteiger partial charge in [0.1, 0.15) is 17.5 Å². The maximum atomic E-state index is 12.6. The maximum absolute atomic E-state index is 12.6. The number of nitrogens with zero attached hydrogens (tertiary/aromatic N) is 1. The van der Waals surface area contributed by atoms with Crippen LogP contribution in [0, 0.1) is 0 Å². The summed E-state index contributed by atoms with van der Waals surface area (Å²) < 4.78 is 10.6. The molecule has 0 aromatic heterocycles. The van der Waals surface area contributed by atoms with Crippen LogP contribution in [0.1, 0.15) is 0 Å².